The van der Waals surface area contributed by atoms with E-state index in [9.17, 15) is 13.2 Å². The van der Waals surface area contributed by atoms with Crippen molar-refractivity contribution >= 4 is 43.2 Å². The number of carbonyl (C=O) groups excluding carboxylic acids is 1. The number of hydrogen-bond acceptors (Lipinski definition) is 4. The molecule has 1 aromatic rings. The van der Waals surface area contributed by atoms with Crippen molar-refractivity contribution in [1.29, 1.82) is 0 Å². The van der Waals surface area contributed by atoms with Gasteiger partial charge in [-0.25, -0.2) is 8.42 Å². The van der Waals surface area contributed by atoms with Gasteiger partial charge in [0, 0.05) is 19.5 Å². The first-order valence-electron chi connectivity index (χ1n) is 6.35. The van der Waals surface area contributed by atoms with Gasteiger partial charge in [0.2, 0.25) is 5.91 Å². The van der Waals surface area contributed by atoms with Crippen LogP contribution in [0.2, 0.25) is 0 Å². The second-order valence-electron chi connectivity index (χ2n) is 5.04. The predicted octanol–water partition coefficient (Wildman–Crippen LogP) is 2.10. The van der Waals surface area contributed by atoms with Crippen molar-refractivity contribution < 1.29 is 13.2 Å². The highest BCUT2D eigenvalue weighted by molar-refractivity contribution is 9.11. The summed E-state index contributed by atoms with van der Waals surface area (Å²) in [5, 5.41) is 0. The molecule has 0 bridgehead atoms. The first-order valence-corrected chi connectivity index (χ1v) is 9.40. The minimum atomic E-state index is -3.41. The molecule has 112 valence electrons. The molecule has 2 N–H and O–H groups in total. The second kappa shape index (κ2) is 6.13. The van der Waals surface area contributed by atoms with Crippen LogP contribution in [0.15, 0.2) is 14.1 Å². The molecule has 0 unspecified atom stereocenters. The molecule has 0 aliphatic carbocycles. The third-order valence-electron chi connectivity index (χ3n) is 3.49. The van der Waals surface area contributed by atoms with Crippen molar-refractivity contribution in [3.63, 3.8) is 0 Å². The number of thiophene rings is 1. The molecule has 1 fully saturated rings. The largest absolute Gasteiger partial charge is 0.370 e. The molecule has 1 aromatic heterocycles. The summed E-state index contributed by atoms with van der Waals surface area (Å²) < 4.78 is 27.7. The van der Waals surface area contributed by atoms with Gasteiger partial charge in [-0.1, -0.05) is 0 Å². The second-order valence-corrected chi connectivity index (χ2v) is 9.57. The number of piperidine rings is 1. The van der Waals surface area contributed by atoms with Crippen molar-refractivity contribution in [1.82, 2.24) is 4.31 Å². The van der Waals surface area contributed by atoms with E-state index in [1.54, 1.807) is 6.07 Å². The maximum Gasteiger partial charge on any atom is 0.252 e. The molecule has 0 spiro atoms. The van der Waals surface area contributed by atoms with E-state index in [2.05, 4.69) is 15.9 Å². The first-order chi connectivity index (χ1) is 9.30. The van der Waals surface area contributed by atoms with Crippen molar-refractivity contribution in [2.24, 2.45) is 11.7 Å². The quantitative estimate of drug-likeness (QED) is 0.867. The number of amides is 1. The Balaban J connectivity index is 2.07. The average Bonchev–Trinajstić information content (AvgIpc) is 2.70. The third-order valence-corrected chi connectivity index (χ3v) is 7.98. The Morgan fingerprint density at radius 1 is 1.50 bits per heavy atom. The zero-order chi connectivity index (χ0) is 14.9. The maximum absolute atomic E-state index is 12.5. The normalized spacial score (nSPS) is 18.3. The molecule has 2 heterocycles. The van der Waals surface area contributed by atoms with Gasteiger partial charge < -0.3 is 5.73 Å². The van der Waals surface area contributed by atoms with Crippen LogP contribution < -0.4 is 5.73 Å². The summed E-state index contributed by atoms with van der Waals surface area (Å²) in [7, 11) is -3.41. The standard InChI is InChI=1S/C12H17BrN2O3S2/c1-8-6-11(19-12(8)13)20(17,18)15-4-2-9(3-5-15)7-10(14)16/h6,9H,2-5,7H2,1H3,(H2,14,16). The van der Waals surface area contributed by atoms with E-state index in [-0.39, 0.29) is 11.8 Å². The van der Waals surface area contributed by atoms with Crippen molar-refractivity contribution in [2.75, 3.05) is 13.1 Å². The first kappa shape index (κ1) is 15.9. The summed E-state index contributed by atoms with van der Waals surface area (Å²) in [6.45, 7) is 2.78. The number of nitrogens with two attached hydrogens (primary N) is 1. The van der Waals surface area contributed by atoms with E-state index < -0.39 is 10.0 Å². The van der Waals surface area contributed by atoms with Gasteiger partial charge in [-0.3, -0.25) is 4.79 Å². The molecule has 1 aliphatic heterocycles. The van der Waals surface area contributed by atoms with E-state index >= 15 is 0 Å². The zero-order valence-corrected chi connectivity index (χ0v) is 14.4. The number of rotatable bonds is 4. The molecule has 5 nitrogen and oxygen atoms in total. The van der Waals surface area contributed by atoms with Crippen LogP contribution in [0.4, 0.5) is 0 Å². The van der Waals surface area contributed by atoms with Crippen LogP contribution in [0, 0.1) is 12.8 Å². The van der Waals surface area contributed by atoms with E-state index in [1.165, 1.54) is 15.6 Å². The molecule has 1 aliphatic rings. The van der Waals surface area contributed by atoms with Crippen molar-refractivity contribution in [3.05, 3.63) is 15.4 Å². The Bertz CT molecular complexity index is 585. The van der Waals surface area contributed by atoms with Crippen LogP contribution in [0.5, 0.6) is 0 Å². The fourth-order valence-electron chi connectivity index (χ4n) is 2.32. The SMILES string of the molecule is Cc1cc(S(=O)(=O)N2CCC(CC(N)=O)CC2)sc1Br. The number of hydrogen-bond donors (Lipinski definition) is 1. The summed E-state index contributed by atoms with van der Waals surface area (Å²) in [5.74, 6) is -0.111. The van der Waals surface area contributed by atoms with Gasteiger partial charge in [0.15, 0.2) is 0 Å². The molecular formula is C12H17BrN2O3S2. The van der Waals surface area contributed by atoms with Crippen LogP contribution in [-0.4, -0.2) is 31.7 Å². The van der Waals surface area contributed by atoms with E-state index in [4.69, 9.17) is 5.73 Å². The average molecular weight is 381 g/mol. The molecule has 2 rings (SSSR count). The van der Waals surface area contributed by atoms with Gasteiger partial charge in [0.1, 0.15) is 4.21 Å². The lowest BCUT2D eigenvalue weighted by molar-refractivity contribution is -0.119. The van der Waals surface area contributed by atoms with Gasteiger partial charge in [-0.15, -0.1) is 11.3 Å². The van der Waals surface area contributed by atoms with E-state index in [0.29, 0.717) is 36.6 Å². The van der Waals surface area contributed by atoms with Gasteiger partial charge >= 0.3 is 0 Å². The molecular weight excluding hydrogens is 364 g/mol. The molecule has 0 saturated carbocycles. The number of aryl methyl sites for hydroxylation is 1. The number of carbonyl (C=O) groups is 1. The molecule has 0 radical (unpaired) electrons. The summed E-state index contributed by atoms with van der Waals surface area (Å²) in [6, 6.07) is 1.69. The number of primary amides is 1. The molecule has 20 heavy (non-hydrogen) atoms. The minimum Gasteiger partial charge on any atom is -0.370 e. The third kappa shape index (κ3) is 3.41. The summed E-state index contributed by atoms with van der Waals surface area (Å²) in [4.78, 5) is 10.9. The predicted molar refractivity (Wildman–Crippen MR) is 82.1 cm³/mol. The van der Waals surface area contributed by atoms with Crippen LogP contribution in [0.25, 0.3) is 0 Å². The monoisotopic (exact) mass is 380 g/mol. The molecule has 1 saturated heterocycles. The number of sulfonamides is 1. The summed E-state index contributed by atoms with van der Waals surface area (Å²) >= 11 is 4.59. The topological polar surface area (TPSA) is 80.5 Å². The van der Waals surface area contributed by atoms with Crippen molar-refractivity contribution in [3.8, 4) is 0 Å². The van der Waals surface area contributed by atoms with Crippen LogP contribution in [-0.2, 0) is 14.8 Å². The zero-order valence-electron chi connectivity index (χ0n) is 11.1. The Morgan fingerprint density at radius 3 is 2.55 bits per heavy atom. The van der Waals surface area contributed by atoms with Crippen LogP contribution in [0.1, 0.15) is 24.8 Å². The Kier molecular flexibility index (Phi) is 4.88. The van der Waals surface area contributed by atoms with Gasteiger partial charge in [-0.2, -0.15) is 4.31 Å². The lowest BCUT2D eigenvalue weighted by Gasteiger charge is -2.30. The number of nitrogens with zero attached hydrogens (tertiary/aromatic N) is 1. The fraction of sp³-hybridized carbons (Fsp3) is 0.583. The lowest BCUT2D eigenvalue weighted by Crippen LogP contribution is -2.38. The number of halogens is 1. The van der Waals surface area contributed by atoms with Crippen LogP contribution >= 0.6 is 27.3 Å². The Morgan fingerprint density at radius 2 is 2.10 bits per heavy atom. The van der Waals surface area contributed by atoms with E-state index in [0.717, 1.165) is 9.35 Å². The molecule has 0 aromatic carbocycles. The highest BCUT2D eigenvalue weighted by Crippen LogP contribution is 2.34. The Labute approximate surface area is 131 Å². The maximum atomic E-state index is 12.5. The Hall–Kier alpha value is -0.440. The van der Waals surface area contributed by atoms with Gasteiger partial charge in [0.25, 0.3) is 10.0 Å². The fourth-order valence-corrected chi connectivity index (χ4v) is 6.17. The van der Waals surface area contributed by atoms with E-state index in [1.807, 2.05) is 6.92 Å². The lowest BCUT2D eigenvalue weighted by atomic mass is 9.94. The summed E-state index contributed by atoms with van der Waals surface area (Å²) in [6.07, 6.45) is 1.72. The summed E-state index contributed by atoms with van der Waals surface area (Å²) in [5.41, 5.74) is 6.11. The van der Waals surface area contributed by atoms with Gasteiger partial charge in [0.05, 0.1) is 3.79 Å². The smallest absolute Gasteiger partial charge is 0.252 e. The van der Waals surface area contributed by atoms with Crippen molar-refractivity contribution in [2.45, 2.75) is 30.4 Å². The molecule has 1 amide bonds. The van der Waals surface area contributed by atoms with Crippen LogP contribution in [0.3, 0.4) is 0 Å². The minimum absolute atomic E-state index is 0.204. The highest BCUT2D eigenvalue weighted by Gasteiger charge is 2.31. The molecule has 8 heteroatoms. The molecule has 0 atom stereocenters. The highest BCUT2D eigenvalue weighted by atomic mass is 79.9. The van der Waals surface area contributed by atoms with Gasteiger partial charge in [-0.05, 0) is 53.2 Å².